The average molecular weight is 266 g/mol. The Morgan fingerprint density at radius 1 is 1.10 bits per heavy atom. The molecule has 102 valence electrons. The van der Waals surface area contributed by atoms with E-state index in [-0.39, 0.29) is 6.04 Å². The minimum absolute atomic E-state index is 0.139. The largest absolute Gasteiger partial charge is 0.455 e. The number of para-hydroxylation sites is 3. The predicted octanol–water partition coefficient (Wildman–Crippen LogP) is 4.58. The Labute approximate surface area is 119 Å². The van der Waals surface area contributed by atoms with Gasteiger partial charge in [0.15, 0.2) is 5.75 Å². The number of nitrogens with one attached hydrogen (secondary N) is 1. The van der Waals surface area contributed by atoms with Crippen molar-refractivity contribution in [2.75, 3.05) is 5.32 Å². The summed E-state index contributed by atoms with van der Waals surface area (Å²) in [5, 5.41) is 12.2. The lowest BCUT2D eigenvalue weighted by molar-refractivity contribution is 0.483. The van der Waals surface area contributed by atoms with E-state index in [1.807, 2.05) is 54.6 Å². The second-order valence-corrected chi connectivity index (χ2v) is 4.52. The Morgan fingerprint density at radius 3 is 2.50 bits per heavy atom. The lowest BCUT2D eigenvalue weighted by Gasteiger charge is -2.18. The van der Waals surface area contributed by atoms with Crippen LogP contribution in [0.3, 0.4) is 0 Å². The Hall–Kier alpha value is -2.47. The highest BCUT2D eigenvalue weighted by molar-refractivity contribution is 5.58. The van der Waals surface area contributed by atoms with Crippen LogP contribution in [0.1, 0.15) is 19.8 Å². The van der Waals surface area contributed by atoms with Gasteiger partial charge in [-0.3, -0.25) is 0 Å². The van der Waals surface area contributed by atoms with E-state index in [0.717, 1.165) is 23.6 Å². The molecule has 3 heteroatoms. The van der Waals surface area contributed by atoms with Crippen molar-refractivity contribution >= 4 is 5.69 Å². The van der Waals surface area contributed by atoms with Crippen LogP contribution in [0.5, 0.6) is 11.5 Å². The van der Waals surface area contributed by atoms with Crippen molar-refractivity contribution < 1.29 is 4.74 Å². The Balaban J connectivity index is 2.16. The molecule has 0 aliphatic rings. The van der Waals surface area contributed by atoms with Gasteiger partial charge in [-0.25, -0.2) is 0 Å². The first-order chi connectivity index (χ1) is 9.83. The lowest BCUT2D eigenvalue weighted by atomic mass is 10.1. The Morgan fingerprint density at radius 2 is 1.80 bits per heavy atom. The maximum Gasteiger partial charge on any atom is 0.150 e. The van der Waals surface area contributed by atoms with Gasteiger partial charge in [-0.2, -0.15) is 5.26 Å². The van der Waals surface area contributed by atoms with Crippen LogP contribution in [-0.2, 0) is 0 Å². The van der Waals surface area contributed by atoms with E-state index in [2.05, 4.69) is 18.3 Å². The molecule has 0 amide bonds. The van der Waals surface area contributed by atoms with Crippen LogP contribution < -0.4 is 10.1 Å². The fourth-order valence-corrected chi connectivity index (χ4v) is 1.92. The fourth-order valence-electron chi connectivity index (χ4n) is 1.92. The van der Waals surface area contributed by atoms with Gasteiger partial charge in [0.2, 0.25) is 0 Å². The van der Waals surface area contributed by atoms with Crippen LogP contribution in [0, 0.1) is 11.3 Å². The molecule has 1 atom stereocenters. The van der Waals surface area contributed by atoms with Crippen molar-refractivity contribution in [2.24, 2.45) is 0 Å². The summed E-state index contributed by atoms with van der Waals surface area (Å²) in [7, 11) is 0. The maximum absolute atomic E-state index is 8.83. The molecule has 0 fully saturated rings. The topological polar surface area (TPSA) is 45.0 Å². The van der Waals surface area contributed by atoms with Crippen molar-refractivity contribution in [3.8, 4) is 17.6 Å². The molecule has 0 saturated carbocycles. The molecular weight excluding hydrogens is 248 g/mol. The summed E-state index contributed by atoms with van der Waals surface area (Å²) in [6.07, 6.45) is 1.38. The maximum atomic E-state index is 8.83. The van der Waals surface area contributed by atoms with Crippen molar-refractivity contribution in [1.29, 1.82) is 5.26 Å². The molecule has 0 aliphatic carbocycles. The fraction of sp³-hybridized carbons (Fsp3) is 0.235. The molecular formula is C17H18N2O. The number of ether oxygens (including phenoxy) is 1. The first kappa shape index (κ1) is 14.0. The van der Waals surface area contributed by atoms with Gasteiger partial charge in [0, 0.05) is 6.04 Å². The van der Waals surface area contributed by atoms with E-state index in [1.54, 1.807) is 0 Å². The van der Waals surface area contributed by atoms with Gasteiger partial charge in [-0.1, -0.05) is 37.3 Å². The third-order valence-electron chi connectivity index (χ3n) is 3.05. The van der Waals surface area contributed by atoms with Gasteiger partial charge in [-0.05, 0) is 30.7 Å². The zero-order valence-electron chi connectivity index (χ0n) is 11.5. The molecule has 0 aromatic heterocycles. The predicted molar refractivity (Wildman–Crippen MR) is 80.9 cm³/mol. The second kappa shape index (κ2) is 7.20. The summed E-state index contributed by atoms with van der Waals surface area (Å²) < 4.78 is 5.89. The number of rotatable bonds is 6. The van der Waals surface area contributed by atoms with Gasteiger partial charge >= 0.3 is 0 Å². The van der Waals surface area contributed by atoms with E-state index < -0.39 is 0 Å². The minimum atomic E-state index is 0.139. The highest BCUT2D eigenvalue weighted by Gasteiger charge is 2.09. The summed E-state index contributed by atoms with van der Waals surface area (Å²) in [4.78, 5) is 0. The zero-order chi connectivity index (χ0) is 14.2. The van der Waals surface area contributed by atoms with Gasteiger partial charge in [0.1, 0.15) is 5.75 Å². The summed E-state index contributed by atoms with van der Waals surface area (Å²) in [6.45, 7) is 2.07. The molecule has 3 nitrogen and oxygen atoms in total. The first-order valence-electron chi connectivity index (χ1n) is 6.79. The molecule has 2 aromatic carbocycles. The molecule has 0 heterocycles. The van der Waals surface area contributed by atoms with Gasteiger partial charge in [0.05, 0.1) is 18.2 Å². The summed E-state index contributed by atoms with van der Waals surface area (Å²) in [5.74, 6) is 1.57. The van der Waals surface area contributed by atoms with Crippen LogP contribution in [-0.4, -0.2) is 6.04 Å². The average Bonchev–Trinajstić information content (AvgIpc) is 2.49. The van der Waals surface area contributed by atoms with Gasteiger partial charge in [0.25, 0.3) is 0 Å². The molecule has 1 N–H and O–H groups in total. The standard InChI is InChI=1S/C17H18N2O/c1-2-14(12-13-18)19-16-10-6-7-11-17(16)20-15-8-4-3-5-9-15/h3-11,14,19H,2,12H2,1H3. The number of hydrogen-bond acceptors (Lipinski definition) is 3. The van der Waals surface area contributed by atoms with Crippen molar-refractivity contribution in [3.05, 3.63) is 54.6 Å². The molecule has 2 rings (SSSR count). The normalized spacial score (nSPS) is 11.4. The quantitative estimate of drug-likeness (QED) is 0.832. The molecule has 2 aromatic rings. The molecule has 0 saturated heterocycles. The summed E-state index contributed by atoms with van der Waals surface area (Å²) in [6, 6.07) is 19.8. The molecule has 0 spiro atoms. The van der Waals surface area contributed by atoms with E-state index in [1.165, 1.54) is 0 Å². The van der Waals surface area contributed by atoms with Crippen LogP contribution >= 0.6 is 0 Å². The second-order valence-electron chi connectivity index (χ2n) is 4.52. The van der Waals surface area contributed by atoms with Crippen LogP contribution in [0.2, 0.25) is 0 Å². The molecule has 20 heavy (non-hydrogen) atoms. The lowest BCUT2D eigenvalue weighted by Crippen LogP contribution is -2.17. The Bertz CT molecular complexity index is 575. The van der Waals surface area contributed by atoms with Crippen LogP contribution in [0.4, 0.5) is 5.69 Å². The monoisotopic (exact) mass is 266 g/mol. The highest BCUT2D eigenvalue weighted by Crippen LogP contribution is 2.30. The van der Waals surface area contributed by atoms with E-state index in [9.17, 15) is 0 Å². The smallest absolute Gasteiger partial charge is 0.150 e. The molecule has 0 radical (unpaired) electrons. The highest BCUT2D eigenvalue weighted by atomic mass is 16.5. The van der Waals surface area contributed by atoms with Crippen molar-refractivity contribution in [3.63, 3.8) is 0 Å². The number of nitriles is 1. The van der Waals surface area contributed by atoms with Gasteiger partial charge in [-0.15, -0.1) is 0 Å². The number of anilines is 1. The number of hydrogen-bond donors (Lipinski definition) is 1. The van der Waals surface area contributed by atoms with Crippen LogP contribution in [0.15, 0.2) is 54.6 Å². The molecule has 0 bridgehead atoms. The third kappa shape index (κ3) is 3.76. The zero-order valence-corrected chi connectivity index (χ0v) is 11.5. The SMILES string of the molecule is CCC(CC#N)Nc1ccccc1Oc1ccccc1. The van der Waals surface area contributed by atoms with E-state index in [0.29, 0.717) is 6.42 Å². The van der Waals surface area contributed by atoms with E-state index in [4.69, 9.17) is 10.00 Å². The number of benzene rings is 2. The minimum Gasteiger partial charge on any atom is -0.455 e. The summed E-state index contributed by atoms with van der Waals surface area (Å²) in [5.41, 5.74) is 0.915. The summed E-state index contributed by atoms with van der Waals surface area (Å²) >= 11 is 0. The van der Waals surface area contributed by atoms with Crippen LogP contribution in [0.25, 0.3) is 0 Å². The number of nitrogens with zero attached hydrogens (tertiary/aromatic N) is 1. The third-order valence-corrected chi connectivity index (χ3v) is 3.05. The van der Waals surface area contributed by atoms with E-state index >= 15 is 0 Å². The first-order valence-corrected chi connectivity index (χ1v) is 6.79. The van der Waals surface area contributed by atoms with Crippen molar-refractivity contribution in [1.82, 2.24) is 0 Å². The molecule has 0 aliphatic heterocycles. The molecule has 1 unspecified atom stereocenters. The van der Waals surface area contributed by atoms with Gasteiger partial charge < -0.3 is 10.1 Å². The Kier molecular flexibility index (Phi) is 5.02. The van der Waals surface area contributed by atoms with Crippen molar-refractivity contribution in [2.45, 2.75) is 25.8 Å².